The maximum Gasteiger partial charge on any atom is 0.268 e. The second-order valence-corrected chi connectivity index (χ2v) is 8.26. The number of fused-ring (bicyclic) bond motifs is 1. The number of halogens is 1. The molecule has 0 aliphatic rings. The Morgan fingerprint density at radius 3 is 2.52 bits per heavy atom. The number of imidazole rings is 1. The van der Waals surface area contributed by atoms with Crippen LogP contribution in [0.25, 0.3) is 22.2 Å². The van der Waals surface area contributed by atoms with Crippen LogP contribution in [0.5, 0.6) is 0 Å². The number of hydrogen-bond donors (Lipinski definition) is 2. The number of carbonyl (C=O) groups excluding carboxylic acids is 1. The van der Waals surface area contributed by atoms with Crippen molar-refractivity contribution in [2.45, 2.75) is 18.7 Å². The van der Waals surface area contributed by atoms with Crippen molar-refractivity contribution in [1.29, 1.82) is 0 Å². The molecule has 9 heteroatoms. The molecule has 4 rings (SSSR count). The zero-order valence-corrected chi connectivity index (χ0v) is 17.3. The number of nitrogens with one attached hydrogen (secondary N) is 2. The number of aromatic nitrogens is 3. The van der Waals surface area contributed by atoms with E-state index in [1.165, 1.54) is 10.9 Å². The maximum absolute atomic E-state index is 13.0. The van der Waals surface area contributed by atoms with Crippen molar-refractivity contribution in [1.82, 2.24) is 13.9 Å². The highest BCUT2D eigenvalue weighted by atomic mass is 35.5. The standard InChI is InChI=1S/C20H18N4O3S.ClH/c1-13-19(23-20(21-13)22-14(2)25)16-9-8-15-10-11-24(18(15)12-16)28(26,27)17-6-4-3-5-7-17;/h3-12H,1-2H3,(H2,21,22,23,25);1H. The summed E-state index contributed by atoms with van der Waals surface area (Å²) in [6, 6.07) is 15.6. The molecule has 0 saturated carbocycles. The Hall–Kier alpha value is -3.10. The maximum atomic E-state index is 13.0. The lowest BCUT2D eigenvalue weighted by Crippen LogP contribution is -2.11. The van der Waals surface area contributed by atoms with Crippen LogP contribution in [0.1, 0.15) is 12.6 Å². The topological polar surface area (TPSA) is 96.8 Å². The summed E-state index contributed by atoms with van der Waals surface area (Å²) < 4.78 is 27.4. The molecular weight excluding hydrogens is 412 g/mol. The Kier molecular flexibility index (Phi) is 5.50. The van der Waals surface area contributed by atoms with Crippen molar-refractivity contribution in [3.63, 3.8) is 0 Å². The first-order valence-electron chi connectivity index (χ1n) is 8.62. The van der Waals surface area contributed by atoms with Crippen molar-refractivity contribution in [3.05, 3.63) is 66.5 Å². The van der Waals surface area contributed by atoms with Crippen LogP contribution < -0.4 is 5.32 Å². The fourth-order valence-corrected chi connectivity index (χ4v) is 4.50. The summed E-state index contributed by atoms with van der Waals surface area (Å²) in [4.78, 5) is 18.9. The summed E-state index contributed by atoms with van der Waals surface area (Å²) in [5, 5.41) is 3.42. The average molecular weight is 431 g/mol. The third-order valence-corrected chi connectivity index (χ3v) is 6.11. The van der Waals surface area contributed by atoms with Crippen LogP contribution in [0, 0.1) is 6.92 Å². The molecule has 0 aliphatic heterocycles. The third kappa shape index (κ3) is 3.76. The molecule has 0 fully saturated rings. The number of H-pyrrole nitrogens is 1. The predicted molar refractivity (Wildman–Crippen MR) is 115 cm³/mol. The molecule has 7 nitrogen and oxygen atoms in total. The van der Waals surface area contributed by atoms with Gasteiger partial charge in [-0.3, -0.25) is 10.1 Å². The smallest absolute Gasteiger partial charge is 0.268 e. The van der Waals surface area contributed by atoms with E-state index < -0.39 is 10.0 Å². The Morgan fingerprint density at radius 2 is 1.83 bits per heavy atom. The molecule has 0 spiro atoms. The normalized spacial score (nSPS) is 11.2. The third-order valence-electron chi connectivity index (χ3n) is 4.41. The minimum atomic E-state index is -3.71. The van der Waals surface area contributed by atoms with Gasteiger partial charge in [0.25, 0.3) is 10.0 Å². The van der Waals surface area contributed by atoms with Crippen LogP contribution in [0.2, 0.25) is 0 Å². The van der Waals surface area contributed by atoms with E-state index in [2.05, 4.69) is 15.3 Å². The van der Waals surface area contributed by atoms with Crippen molar-refractivity contribution in [2.75, 3.05) is 5.32 Å². The van der Waals surface area contributed by atoms with Gasteiger partial charge in [-0.15, -0.1) is 12.4 Å². The highest BCUT2D eigenvalue weighted by Gasteiger charge is 2.19. The summed E-state index contributed by atoms with van der Waals surface area (Å²) in [5.41, 5.74) is 2.73. The van der Waals surface area contributed by atoms with E-state index in [4.69, 9.17) is 0 Å². The molecule has 0 radical (unpaired) electrons. The van der Waals surface area contributed by atoms with E-state index >= 15 is 0 Å². The van der Waals surface area contributed by atoms with Gasteiger partial charge in [-0.2, -0.15) is 0 Å². The monoisotopic (exact) mass is 430 g/mol. The van der Waals surface area contributed by atoms with Crippen molar-refractivity contribution in [2.24, 2.45) is 0 Å². The first kappa shape index (κ1) is 20.6. The predicted octanol–water partition coefficient (Wildman–Crippen LogP) is 3.96. The summed E-state index contributed by atoms with van der Waals surface area (Å²) in [5.74, 6) is 0.131. The second kappa shape index (κ2) is 7.73. The van der Waals surface area contributed by atoms with Crippen molar-refractivity contribution < 1.29 is 13.2 Å². The van der Waals surface area contributed by atoms with Crippen LogP contribution in [0.4, 0.5) is 5.95 Å². The Bertz CT molecular complexity index is 1290. The highest BCUT2D eigenvalue weighted by Crippen LogP contribution is 2.29. The van der Waals surface area contributed by atoms with E-state index in [-0.39, 0.29) is 23.2 Å². The molecule has 0 bridgehead atoms. The Labute approximate surface area is 174 Å². The number of rotatable bonds is 4. The molecule has 0 saturated heterocycles. The quantitative estimate of drug-likeness (QED) is 0.512. The van der Waals surface area contributed by atoms with Crippen LogP contribution in [0.3, 0.4) is 0 Å². The molecule has 150 valence electrons. The number of hydrogen-bond acceptors (Lipinski definition) is 4. The van der Waals surface area contributed by atoms with Gasteiger partial charge in [0.05, 0.1) is 16.1 Å². The molecular formula is C20H19ClN4O3S. The summed E-state index contributed by atoms with van der Waals surface area (Å²) in [7, 11) is -3.71. The second-order valence-electron chi connectivity index (χ2n) is 6.44. The lowest BCUT2D eigenvalue weighted by atomic mass is 10.1. The van der Waals surface area contributed by atoms with E-state index in [1.807, 2.05) is 19.1 Å². The molecule has 4 aromatic rings. The van der Waals surface area contributed by atoms with Gasteiger partial charge in [-0.05, 0) is 31.2 Å². The van der Waals surface area contributed by atoms with E-state index in [0.29, 0.717) is 17.2 Å². The molecule has 0 unspecified atom stereocenters. The summed E-state index contributed by atoms with van der Waals surface area (Å²) in [6.45, 7) is 3.25. The van der Waals surface area contributed by atoms with Gasteiger partial charge < -0.3 is 4.98 Å². The minimum Gasteiger partial charge on any atom is -0.328 e. The number of aromatic amines is 1. The first-order valence-corrected chi connectivity index (χ1v) is 10.1. The van der Waals surface area contributed by atoms with Crippen LogP contribution in [-0.4, -0.2) is 28.3 Å². The van der Waals surface area contributed by atoms with Gasteiger partial charge in [0, 0.05) is 29.8 Å². The largest absolute Gasteiger partial charge is 0.328 e. The molecule has 2 heterocycles. The minimum absolute atomic E-state index is 0. The van der Waals surface area contributed by atoms with Gasteiger partial charge in [0.15, 0.2) is 0 Å². The zero-order valence-electron chi connectivity index (χ0n) is 15.7. The molecule has 2 aromatic carbocycles. The Morgan fingerprint density at radius 1 is 1.10 bits per heavy atom. The van der Waals surface area contributed by atoms with Crippen LogP contribution in [0.15, 0.2) is 65.7 Å². The summed E-state index contributed by atoms with van der Waals surface area (Å²) in [6.07, 6.45) is 1.55. The Balaban J connectivity index is 0.00000240. The van der Waals surface area contributed by atoms with Gasteiger partial charge in [0.2, 0.25) is 11.9 Å². The number of aryl methyl sites for hydroxylation is 1. The molecule has 2 aromatic heterocycles. The average Bonchev–Trinajstić information content (AvgIpc) is 3.25. The van der Waals surface area contributed by atoms with Crippen LogP contribution >= 0.6 is 12.4 Å². The SMILES string of the molecule is CC(=O)Nc1nc(-c2ccc3ccn(S(=O)(=O)c4ccccc4)c3c2)c(C)[nH]1.Cl. The molecule has 0 atom stereocenters. The lowest BCUT2D eigenvalue weighted by Gasteiger charge is -2.08. The highest BCUT2D eigenvalue weighted by molar-refractivity contribution is 7.90. The molecule has 29 heavy (non-hydrogen) atoms. The van der Waals surface area contributed by atoms with Gasteiger partial charge in [-0.25, -0.2) is 17.4 Å². The number of carbonyl (C=O) groups is 1. The lowest BCUT2D eigenvalue weighted by molar-refractivity contribution is -0.114. The van der Waals surface area contributed by atoms with Crippen LogP contribution in [-0.2, 0) is 14.8 Å². The van der Waals surface area contributed by atoms with Gasteiger partial charge >= 0.3 is 0 Å². The van der Waals surface area contributed by atoms with E-state index in [0.717, 1.165) is 16.6 Å². The number of anilines is 1. The molecule has 1 amide bonds. The summed E-state index contributed by atoms with van der Waals surface area (Å²) >= 11 is 0. The van der Waals surface area contributed by atoms with E-state index in [9.17, 15) is 13.2 Å². The molecule has 0 aliphatic carbocycles. The van der Waals surface area contributed by atoms with Gasteiger partial charge in [-0.1, -0.05) is 30.3 Å². The van der Waals surface area contributed by atoms with Crippen molar-refractivity contribution >= 4 is 45.2 Å². The number of benzene rings is 2. The number of nitrogens with zero attached hydrogens (tertiary/aromatic N) is 2. The van der Waals surface area contributed by atoms with Gasteiger partial charge in [0.1, 0.15) is 0 Å². The van der Waals surface area contributed by atoms with E-state index in [1.54, 1.807) is 48.7 Å². The fraction of sp³-hybridized carbons (Fsp3) is 0.100. The first-order chi connectivity index (χ1) is 13.4. The van der Waals surface area contributed by atoms with Crippen molar-refractivity contribution in [3.8, 4) is 11.3 Å². The molecule has 2 N–H and O–H groups in total. The number of amides is 1. The zero-order chi connectivity index (χ0) is 19.9. The fourth-order valence-electron chi connectivity index (χ4n) is 3.13.